The molecule has 1 unspecified atom stereocenters. The highest BCUT2D eigenvalue weighted by atomic mass is 35.5. The second-order valence-corrected chi connectivity index (χ2v) is 5.15. The molecule has 0 aromatic carbocycles. The lowest BCUT2D eigenvalue weighted by Crippen LogP contribution is -2.50. The Morgan fingerprint density at radius 3 is 2.79 bits per heavy atom. The van der Waals surface area contributed by atoms with Crippen LogP contribution in [-0.2, 0) is 0 Å². The number of aromatic nitrogens is 3. The van der Waals surface area contributed by atoms with Crippen molar-refractivity contribution in [3.8, 4) is 6.01 Å². The number of piperazine rings is 1. The number of ether oxygens (including phenoxy) is 1. The minimum absolute atomic E-state index is 0.183. The molecule has 1 atom stereocenters. The van der Waals surface area contributed by atoms with E-state index in [9.17, 15) is 0 Å². The van der Waals surface area contributed by atoms with Gasteiger partial charge < -0.3 is 14.5 Å². The van der Waals surface area contributed by atoms with Crippen LogP contribution in [0.4, 0.5) is 5.95 Å². The number of likely N-dealkylation sites (N-methyl/N-ethyl adjacent to an activating group) is 1. The minimum Gasteiger partial charge on any atom is -0.463 e. The summed E-state index contributed by atoms with van der Waals surface area (Å²) in [5, 5.41) is 0.183. The Hall–Kier alpha value is -1.14. The standard InChI is InChI=1S/C12H20ClN5O/c1-4-7-19-12-15-10(13)14-11(16-12)18-6-5-17(3)9(2)8-18/h9H,4-8H2,1-3H3. The van der Waals surface area contributed by atoms with Crippen LogP contribution < -0.4 is 9.64 Å². The largest absolute Gasteiger partial charge is 0.463 e. The van der Waals surface area contributed by atoms with Gasteiger partial charge in [-0.3, -0.25) is 0 Å². The Bertz CT molecular complexity index is 431. The van der Waals surface area contributed by atoms with Gasteiger partial charge in [0.25, 0.3) is 0 Å². The molecule has 1 aromatic rings. The van der Waals surface area contributed by atoms with Gasteiger partial charge in [0.2, 0.25) is 11.2 Å². The zero-order chi connectivity index (χ0) is 13.8. The monoisotopic (exact) mass is 285 g/mol. The van der Waals surface area contributed by atoms with Crippen LogP contribution in [0.3, 0.4) is 0 Å². The Morgan fingerprint density at radius 2 is 2.11 bits per heavy atom. The van der Waals surface area contributed by atoms with Crippen LogP contribution >= 0.6 is 11.6 Å². The zero-order valence-corrected chi connectivity index (χ0v) is 12.4. The van der Waals surface area contributed by atoms with Crippen LogP contribution in [0.15, 0.2) is 0 Å². The Morgan fingerprint density at radius 1 is 1.32 bits per heavy atom. The average molecular weight is 286 g/mol. The molecule has 7 heteroatoms. The summed E-state index contributed by atoms with van der Waals surface area (Å²) in [7, 11) is 2.12. The molecule has 0 bridgehead atoms. The predicted molar refractivity (Wildman–Crippen MR) is 74.9 cm³/mol. The van der Waals surface area contributed by atoms with E-state index >= 15 is 0 Å². The first-order valence-electron chi connectivity index (χ1n) is 6.59. The van der Waals surface area contributed by atoms with E-state index in [1.54, 1.807) is 0 Å². The fraction of sp³-hybridized carbons (Fsp3) is 0.750. The van der Waals surface area contributed by atoms with Crippen molar-refractivity contribution in [2.24, 2.45) is 0 Å². The topological polar surface area (TPSA) is 54.4 Å². The third kappa shape index (κ3) is 3.67. The van der Waals surface area contributed by atoms with Crippen LogP contribution in [0.1, 0.15) is 20.3 Å². The van der Waals surface area contributed by atoms with E-state index in [4.69, 9.17) is 16.3 Å². The lowest BCUT2D eigenvalue weighted by Gasteiger charge is -2.37. The molecular weight excluding hydrogens is 266 g/mol. The maximum absolute atomic E-state index is 5.93. The van der Waals surface area contributed by atoms with Crippen molar-refractivity contribution in [3.63, 3.8) is 0 Å². The summed E-state index contributed by atoms with van der Waals surface area (Å²) in [6, 6.07) is 0.771. The third-order valence-electron chi connectivity index (χ3n) is 3.25. The van der Waals surface area contributed by atoms with E-state index < -0.39 is 0 Å². The summed E-state index contributed by atoms with van der Waals surface area (Å²) in [6.07, 6.45) is 0.907. The van der Waals surface area contributed by atoms with Crippen molar-refractivity contribution >= 4 is 17.5 Å². The molecule has 2 heterocycles. The van der Waals surface area contributed by atoms with Crippen molar-refractivity contribution in [1.29, 1.82) is 0 Å². The first-order chi connectivity index (χ1) is 9.10. The molecule has 0 saturated carbocycles. The number of hydrogen-bond acceptors (Lipinski definition) is 6. The minimum atomic E-state index is 0.183. The summed E-state index contributed by atoms with van der Waals surface area (Å²) in [5.41, 5.74) is 0. The molecule has 1 fully saturated rings. The van der Waals surface area contributed by atoms with Gasteiger partial charge in [0.15, 0.2) is 0 Å². The third-order valence-corrected chi connectivity index (χ3v) is 3.42. The predicted octanol–water partition coefficient (Wildman–Crippen LogP) is 1.45. The second kappa shape index (κ2) is 6.34. The van der Waals surface area contributed by atoms with Crippen molar-refractivity contribution < 1.29 is 4.74 Å². The molecule has 19 heavy (non-hydrogen) atoms. The van der Waals surface area contributed by atoms with Crippen LogP contribution in [0.5, 0.6) is 6.01 Å². The van der Waals surface area contributed by atoms with Gasteiger partial charge in [-0.2, -0.15) is 15.0 Å². The molecule has 0 aliphatic carbocycles. The number of halogens is 1. The van der Waals surface area contributed by atoms with E-state index in [1.165, 1.54) is 0 Å². The summed E-state index contributed by atoms with van der Waals surface area (Å²) < 4.78 is 5.43. The summed E-state index contributed by atoms with van der Waals surface area (Å²) >= 11 is 5.93. The van der Waals surface area contributed by atoms with Crippen LogP contribution in [0.2, 0.25) is 5.28 Å². The summed E-state index contributed by atoms with van der Waals surface area (Å²) in [4.78, 5) is 16.9. The molecule has 1 aliphatic rings. The Kier molecular flexibility index (Phi) is 4.76. The number of rotatable bonds is 4. The highest BCUT2D eigenvalue weighted by Gasteiger charge is 2.23. The molecule has 1 aliphatic heterocycles. The lowest BCUT2D eigenvalue weighted by molar-refractivity contribution is 0.232. The van der Waals surface area contributed by atoms with E-state index in [0.717, 1.165) is 26.1 Å². The molecule has 1 saturated heterocycles. The molecule has 2 rings (SSSR count). The molecule has 0 spiro atoms. The first-order valence-corrected chi connectivity index (χ1v) is 6.97. The van der Waals surface area contributed by atoms with Gasteiger partial charge in [-0.05, 0) is 32.0 Å². The maximum atomic E-state index is 5.93. The van der Waals surface area contributed by atoms with Crippen LogP contribution in [0, 0.1) is 0 Å². The van der Waals surface area contributed by atoms with Gasteiger partial charge in [0.1, 0.15) is 0 Å². The van der Waals surface area contributed by atoms with Crippen LogP contribution in [0.25, 0.3) is 0 Å². The highest BCUT2D eigenvalue weighted by Crippen LogP contribution is 2.18. The Labute approximate surface area is 118 Å². The molecule has 0 amide bonds. The second-order valence-electron chi connectivity index (χ2n) is 4.81. The maximum Gasteiger partial charge on any atom is 0.322 e. The molecule has 0 N–H and O–H groups in total. The smallest absolute Gasteiger partial charge is 0.322 e. The normalized spacial score (nSPS) is 20.6. The number of hydrogen-bond donors (Lipinski definition) is 0. The van der Waals surface area contributed by atoms with Gasteiger partial charge >= 0.3 is 6.01 Å². The molecule has 1 aromatic heterocycles. The van der Waals surface area contributed by atoms with Gasteiger partial charge in [0, 0.05) is 25.7 Å². The SMILES string of the molecule is CCCOc1nc(Cl)nc(N2CCN(C)C(C)C2)n1. The zero-order valence-electron chi connectivity index (χ0n) is 11.6. The van der Waals surface area contributed by atoms with Crippen molar-refractivity contribution in [2.75, 3.05) is 38.2 Å². The van der Waals surface area contributed by atoms with Gasteiger partial charge in [-0.25, -0.2) is 0 Å². The molecular formula is C12H20ClN5O. The highest BCUT2D eigenvalue weighted by molar-refractivity contribution is 6.28. The van der Waals surface area contributed by atoms with E-state index in [0.29, 0.717) is 24.6 Å². The number of nitrogens with zero attached hydrogens (tertiary/aromatic N) is 5. The van der Waals surface area contributed by atoms with Crippen molar-refractivity contribution in [2.45, 2.75) is 26.3 Å². The van der Waals surface area contributed by atoms with Crippen molar-refractivity contribution in [3.05, 3.63) is 5.28 Å². The molecule has 6 nitrogen and oxygen atoms in total. The van der Waals surface area contributed by atoms with Crippen molar-refractivity contribution in [1.82, 2.24) is 19.9 Å². The molecule has 106 valence electrons. The van der Waals surface area contributed by atoms with Gasteiger partial charge in [0.05, 0.1) is 6.61 Å². The van der Waals surface area contributed by atoms with Gasteiger partial charge in [-0.15, -0.1) is 0 Å². The Balaban J connectivity index is 2.13. The number of anilines is 1. The molecule has 0 radical (unpaired) electrons. The summed E-state index contributed by atoms with van der Waals surface area (Å²) in [6.45, 7) is 7.54. The van der Waals surface area contributed by atoms with Crippen LogP contribution in [-0.4, -0.2) is 59.2 Å². The lowest BCUT2D eigenvalue weighted by atomic mass is 10.2. The quantitative estimate of drug-likeness (QED) is 0.835. The average Bonchev–Trinajstić information content (AvgIpc) is 2.39. The van der Waals surface area contributed by atoms with E-state index in [2.05, 4.69) is 38.7 Å². The first kappa shape index (κ1) is 14.3. The summed E-state index contributed by atoms with van der Waals surface area (Å²) in [5.74, 6) is 0.603. The fourth-order valence-electron chi connectivity index (χ4n) is 1.95. The van der Waals surface area contributed by atoms with Gasteiger partial charge in [-0.1, -0.05) is 6.92 Å². The fourth-order valence-corrected chi connectivity index (χ4v) is 2.10. The van der Waals surface area contributed by atoms with E-state index in [-0.39, 0.29) is 5.28 Å². The van der Waals surface area contributed by atoms with E-state index in [1.807, 2.05) is 6.92 Å².